The molecule has 0 bridgehead atoms. The molecule has 1 aliphatic heterocycles. The van der Waals surface area contributed by atoms with E-state index in [0.29, 0.717) is 11.6 Å². The molecule has 1 N–H and O–H groups in total. The lowest BCUT2D eigenvalue weighted by Gasteiger charge is -2.32. The van der Waals surface area contributed by atoms with Crippen LogP contribution in [0.3, 0.4) is 0 Å². The van der Waals surface area contributed by atoms with Crippen LogP contribution in [0, 0.1) is 18.7 Å². The average molecular weight is 361 g/mol. The van der Waals surface area contributed by atoms with Gasteiger partial charge in [-0.3, -0.25) is 9.69 Å². The van der Waals surface area contributed by atoms with Gasteiger partial charge in [-0.25, -0.2) is 4.39 Å². The van der Waals surface area contributed by atoms with E-state index in [0.717, 1.165) is 42.7 Å². The molecule has 2 aromatic carbocycles. The summed E-state index contributed by atoms with van der Waals surface area (Å²) >= 11 is 6.12. The van der Waals surface area contributed by atoms with Gasteiger partial charge < -0.3 is 5.32 Å². The maximum absolute atomic E-state index is 13.0. The topological polar surface area (TPSA) is 32.3 Å². The monoisotopic (exact) mass is 360 g/mol. The highest BCUT2D eigenvalue weighted by molar-refractivity contribution is 6.31. The number of benzene rings is 2. The highest BCUT2D eigenvalue weighted by Gasteiger charge is 2.26. The lowest BCUT2D eigenvalue weighted by atomic mass is 9.96. The second kappa shape index (κ2) is 7.98. The van der Waals surface area contributed by atoms with E-state index in [1.807, 2.05) is 19.1 Å². The number of aryl methyl sites for hydroxylation is 1. The number of carbonyl (C=O) groups is 1. The van der Waals surface area contributed by atoms with Gasteiger partial charge >= 0.3 is 0 Å². The molecule has 3 rings (SSSR count). The van der Waals surface area contributed by atoms with Gasteiger partial charge in [0.05, 0.1) is 5.92 Å². The van der Waals surface area contributed by atoms with Crippen molar-refractivity contribution in [3.8, 4) is 0 Å². The molecule has 0 unspecified atom stereocenters. The number of halogens is 2. The van der Waals surface area contributed by atoms with Crippen molar-refractivity contribution >= 4 is 23.2 Å². The van der Waals surface area contributed by atoms with E-state index in [4.69, 9.17) is 11.6 Å². The molecular weight excluding hydrogens is 339 g/mol. The van der Waals surface area contributed by atoms with Crippen molar-refractivity contribution in [1.29, 1.82) is 0 Å². The van der Waals surface area contributed by atoms with Crippen molar-refractivity contribution in [2.24, 2.45) is 5.92 Å². The van der Waals surface area contributed by atoms with Gasteiger partial charge in [-0.05, 0) is 61.7 Å². The molecule has 3 nitrogen and oxygen atoms in total. The molecule has 0 aromatic heterocycles. The van der Waals surface area contributed by atoms with Gasteiger partial charge in [0, 0.05) is 23.8 Å². The smallest absolute Gasteiger partial charge is 0.228 e. The Hall–Kier alpha value is -1.91. The van der Waals surface area contributed by atoms with E-state index in [2.05, 4.69) is 10.2 Å². The number of carbonyl (C=O) groups excluding carboxylic acids is 1. The number of likely N-dealkylation sites (tertiary alicyclic amines) is 1. The minimum atomic E-state index is -0.226. The number of hydrogen-bond acceptors (Lipinski definition) is 2. The fraction of sp³-hybridized carbons (Fsp3) is 0.350. The summed E-state index contributed by atoms with van der Waals surface area (Å²) in [6.07, 6.45) is 1.86. The third-order valence-corrected chi connectivity index (χ3v) is 5.04. The molecule has 1 atom stereocenters. The fourth-order valence-corrected chi connectivity index (χ4v) is 3.36. The maximum atomic E-state index is 13.0. The Morgan fingerprint density at radius 2 is 2.04 bits per heavy atom. The molecule has 0 radical (unpaired) electrons. The summed E-state index contributed by atoms with van der Waals surface area (Å²) < 4.78 is 13.0. The van der Waals surface area contributed by atoms with E-state index < -0.39 is 0 Å². The predicted molar refractivity (Wildman–Crippen MR) is 99.2 cm³/mol. The van der Waals surface area contributed by atoms with Crippen LogP contribution in [0.25, 0.3) is 0 Å². The lowest BCUT2D eigenvalue weighted by Crippen LogP contribution is -2.40. The standard InChI is InChI=1S/C20H22ClFN2O/c1-14-4-9-18(11-19(14)21)23-20(25)16-3-2-10-24(13-16)12-15-5-7-17(22)8-6-15/h4-9,11,16H,2-3,10,12-13H2,1H3,(H,23,25)/t16-/m0/s1. The first-order chi connectivity index (χ1) is 12.0. The predicted octanol–water partition coefficient (Wildman–Crippen LogP) is 4.64. The van der Waals surface area contributed by atoms with Crippen molar-refractivity contribution in [1.82, 2.24) is 4.90 Å². The van der Waals surface area contributed by atoms with E-state index in [1.54, 1.807) is 18.2 Å². The zero-order valence-electron chi connectivity index (χ0n) is 14.3. The SMILES string of the molecule is Cc1ccc(NC(=O)[C@H]2CCCN(Cc3ccc(F)cc3)C2)cc1Cl. The molecule has 5 heteroatoms. The first kappa shape index (κ1) is 17.9. The Morgan fingerprint density at radius 3 is 2.76 bits per heavy atom. The summed E-state index contributed by atoms with van der Waals surface area (Å²) in [5.74, 6) is -0.241. The van der Waals surface area contributed by atoms with Crippen molar-refractivity contribution in [2.45, 2.75) is 26.3 Å². The van der Waals surface area contributed by atoms with Crippen LogP contribution in [0.4, 0.5) is 10.1 Å². The van der Waals surface area contributed by atoms with Gasteiger partial charge in [0.25, 0.3) is 0 Å². The Bertz CT molecular complexity index is 748. The Kier molecular flexibility index (Phi) is 5.71. The summed E-state index contributed by atoms with van der Waals surface area (Å²) in [6, 6.07) is 12.1. The summed E-state index contributed by atoms with van der Waals surface area (Å²) in [5.41, 5.74) is 2.78. The van der Waals surface area contributed by atoms with Crippen LogP contribution < -0.4 is 5.32 Å². The summed E-state index contributed by atoms with van der Waals surface area (Å²) in [5, 5.41) is 3.62. The molecule has 0 aliphatic carbocycles. The number of anilines is 1. The normalized spacial score (nSPS) is 18.1. The third-order valence-electron chi connectivity index (χ3n) is 4.64. The molecule has 2 aromatic rings. The highest BCUT2D eigenvalue weighted by atomic mass is 35.5. The number of nitrogens with zero attached hydrogens (tertiary/aromatic N) is 1. The Morgan fingerprint density at radius 1 is 1.28 bits per heavy atom. The molecular formula is C20H22ClFN2O. The second-order valence-corrected chi connectivity index (χ2v) is 7.06. The third kappa shape index (κ3) is 4.80. The molecule has 132 valence electrons. The fourth-order valence-electron chi connectivity index (χ4n) is 3.18. The number of hydrogen-bond donors (Lipinski definition) is 1. The van der Waals surface area contributed by atoms with Crippen LogP contribution in [0.2, 0.25) is 5.02 Å². The van der Waals surface area contributed by atoms with Crippen LogP contribution in [-0.4, -0.2) is 23.9 Å². The van der Waals surface area contributed by atoms with E-state index in [-0.39, 0.29) is 17.6 Å². The molecule has 1 fully saturated rings. The van der Waals surface area contributed by atoms with Gasteiger partial charge in [-0.15, -0.1) is 0 Å². The first-order valence-corrected chi connectivity index (χ1v) is 8.93. The number of nitrogens with one attached hydrogen (secondary N) is 1. The minimum Gasteiger partial charge on any atom is -0.326 e. The Balaban J connectivity index is 1.59. The van der Waals surface area contributed by atoms with Gasteiger partial charge in [-0.1, -0.05) is 29.8 Å². The largest absolute Gasteiger partial charge is 0.326 e. The summed E-state index contributed by atoms with van der Waals surface area (Å²) in [6.45, 7) is 4.34. The van der Waals surface area contributed by atoms with E-state index in [9.17, 15) is 9.18 Å². The molecule has 1 saturated heterocycles. The van der Waals surface area contributed by atoms with Crippen LogP contribution in [0.5, 0.6) is 0 Å². The minimum absolute atomic E-state index is 0.0312. The molecule has 1 aliphatic rings. The van der Waals surface area contributed by atoms with Gasteiger partial charge in [-0.2, -0.15) is 0 Å². The Labute approximate surface area is 152 Å². The number of rotatable bonds is 4. The zero-order valence-corrected chi connectivity index (χ0v) is 15.0. The summed E-state index contributed by atoms with van der Waals surface area (Å²) in [4.78, 5) is 14.8. The van der Waals surface area contributed by atoms with Crippen molar-refractivity contribution < 1.29 is 9.18 Å². The van der Waals surface area contributed by atoms with Crippen molar-refractivity contribution in [2.75, 3.05) is 18.4 Å². The van der Waals surface area contributed by atoms with Crippen LogP contribution in [0.1, 0.15) is 24.0 Å². The van der Waals surface area contributed by atoms with E-state index >= 15 is 0 Å². The molecule has 0 saturated carbocycles. The molecule has 0 spiro atoms. The average Bonchev–Trinajstić information content (AvgIpc) is 2.60. The number of piperidine rings is 1. The molecule has 1 amide bonds. The van der Waals surface area contributed by atoms with E-state index in [1.165, 1.54) is 12.1 Å². The van der Waals surface area contributed by atoms with Crippen molar-refractivity contribution in [3.63, 3.8) is 0 Å². The van der Waals surface area contributed by atoms with Crippen LogP contribution in [0.15, 0.2) is 42.5 Å². The zero-order chi connectivity index (χ0) is 17.8. The second-order valence-electron chi connectivity index (χ2n) is 6.65. The van der Waals surface area contributed by atoms with Crippen LogP contribution >= 0.6 is 11.6 Å². The number of amides is 1. The van der Waals surface area contributed by atoms with Gasteiger partial charge in [0.1, 0.15) is 5.82 Å². The van der Waals surface area contributed by atoms with Gasteiger partial charge in [0.2, 0.25) is 5.91 Å². The van der Waals surface area contributed by atoms with Crippen LogP contribution in [-0.2, 0) is 11.3 Å². The molecule has 25 heavy (non-hydrogen) atoms. The summed E-state index contributed by atoms with van der Waals surface area (Å²) in [7, 11) is 0. The quantitative estimate of drug-likeness (QED) is 0.861. The molecule has 1 heterocycles. The maximum Gasteiger partial charge on any atom is 0.228 e. The highest BCUT2D eigenvalue weighted by Crippen LogP contribution is 2.23. The lowest BCUT2D eigenvalue weighted by molar-refractivity contribution is -0.121. The van der Waals surface area contributed by atoms with Crippen molar-refractivity contribution in [3.05, 3.63) is 64.4 Å². The first-order valence-electron chi connectivity index (χ1n) is 8.55. The van der Waals surface area contributed by atoms with Gasteiger partial charge in [0.15, 0.2) is 0 Å².